The molecule has 8 nitrogen and oxygen atoms in total. The predicted molar refractivity (Wildman–Crippen MR) is 83.0 cm³/mol. The largest absolute Gasteiger partial charge is 0.382 e. The molecule has 2 rings (SSSR count). The summed E-state index contributed by atoms with van der Waals surface area (Å²) in [5.41, 5.74) is 5.72. The van der Waals surface area contributed by atoms with Crippen molar-refractivity contribution in [3.05, 3.63) is 4.88 Å². The molecule has 21 heavy (non-hydrogen) atoms. The fourth-order valence-corrected chi connectivity index (χ4v) is 3.12. The number of carbonyl (C=O) groups excluding carboxylic acids is 1. The number of nitrogens with one attached hydrogen (secondary N) is 2. The lowest BCUT2D eigenvalue weighted by Crippen LogP contribution is -2.33. The fraction of sp³-hybridized carbons (Fsp3) is 0.636. The quantitative estimate of drug-likeness (QED) is 0.642. The fourth-order valence-electron chi connectivity index (χ4n) is 1.52. The Morgan fingerprint density at radius 1 is 1.48 bits per heavy atom. The number of nitrogens with zero attached hydrogens (tertiary/aromatic N) is 2. The minimum atomic E-state index is -3.33. The first-order valence-electron chi connectivity index (χ1n) is 6.51. The smallest absolute Gasteiger partial charge is 0.265 e. The van der Waals surface area contributed by atoms with Gasteiger partial charge >= 0.3 is 0 Å². The van der Waals surface area contributed by atoms with Crippen LogP contribution in [0.2, 0.25) is 0 Å². The highest BCUT2D eigenvalue weighted by Crippen LogP contribution is 2.30. The molecule has 1 fully saturated rings. The van der Waals surface area contributed by atoms with E-state index in [9.17, 15) is 13.2 Å². The second-order valence-electron chi connectivity index (χ2n) is 5.01. The van der Waals surface area contributed by atoms with E-state index in [-0.39, 0.29) is 18.1 Å². The van der Waals surface area contributed by atoms with Gasteiger partial charge in [0.2, 0.25) is 10.0 Å². The van der Waals surface area contributed by atoms with Gasteiger partial charge in [0, 0.05) is 26.7 Å². The van der Waals surface area contributed by atoms with E-state index in [1.807, 2.05) is 0 Å². The van der Waals surface area contributed by atoms with Gasteiger partial charge < -0.3 is 16.4 Å². The molecular weight excluding hydrogens is 314 g/mol. The van der Waals surface area contributed by atoms with Gasteiger partial charge in [0.15, 0.2) is 5.13 Å². The van der Waals surface area contributed by atoms with Crippen molar-refractivity contribution >= 4 is 38.2 Å². The highest BCUT2D eigenvalue weighted by Gasteiger charge is 2.24. The second-order valence-corrected chi connectivity index (χ2v) is 8.31. The zero-order chi connectivity index (χ0) is 15.6. The third-order valence-corrected chi connectivity index (χ3v) is 5.80. The van der Waals surface area contributed by atoms with Gasteiger partial charge in [0.25, 0.3) is 5.91 Å². The summed E-state index contributed by atoms with van der Waals surface area (Å²) in [5, 5.41) is 6.35. The Hall–Kier alpha value is -1.39. The topological polar surface area (TPSA) is 117 Å². The first kappa shape index (κ1) is 16.0. The van der Waals surface area contributed by atoms with Crippen molar-refractivity contribution in [3.8, 4) is 0 Å². The van der Waals surface area contributed by atoms with Gasteiger partial charge in [-0.2, -0.15) is 0 Å². The molecule has 0 aromatic carbocycles. The first-order chi connectivity index (χ1) is 9.79. The number of rotatable bonds is 7. The molecule has 1 saturated carbocycles. The van der Waals surface area contributed by atoms with Crippen molar-refractivity contribution in [2.45, 2.75) is 18.9 Å². The molecule has 118 valence electrons. The summed E-state index contributed by atoms with van der Waals surface area (Å²) in [7, 11) is -0.421. The number of thiazole rings is 1. The molecule has 0 bridgehead atoms. The van der Waals surface area contributed by atoms with Crippen molar-refractivity contribution in [1.82, 2.24) is 14.6 Å². The van der Waals surface area contributed by atoms with Gasteiger partial charge in [-0.25, -0.2) is 17.7 Å². The first-order valence-corrected chi connectivity index (χ1v) is 8.93. The molecule has 0 unspecified atom stereocenters. The number of amides is 1. The van der Waals surface area contributed by atoms with Crippen LogP contribution in [0, 0.1) is 0 Å². The normalized spacial score (nSPS) is 15.2. The Labute approximate surface area is 127 Å². The number of nitrogens with two attached hydrogens (primary N) is 1. The monoisotopic (exact) mass is 333 g/mol. The lowest BCUT2D eigenvalue weighted by molar-refractivity contribution is 0.0960. The summed E-state index contributed by atoms with van der Waals surface area (Å²) in [6.45, 7) is 0.0298. The summed E-state index contributed by atoms with van der Waals surface area (Å²) in [4.78, 5) is 16.4. The van der Waals surface area contributed by atoms with Crippen LogP contribution in [0.3, 0.4) is 0 Å². The number of carbonyl (C=O) groups is 1. The second kappa shape index (κ2) is 6.16. The van der Waals surface area contributed by atoms with Crippen molar-refractivity contribution in [3.63, 3.8) is 0 Å². The van der Waals surface area contributed by atoms with Gasteiger partial charge in [-0.05, 0) is 12.8 Å². The molecule has 1 aromatic rings. The Morgan fingerprint density at radius 2 is 2.14 bits per heavy atom. The van der Waals surface area contributed by atoms with E-state index in [4.69, 9.17) is 5.73 Å². The molecule has 10 heteroatoms. The molecule has 4 N–H and O–H groups in total. The van der Waals surface area contributed by atoms with E-state index < -0.39 is 15.9 Å². The van der Waals surface area contributed by atoms with Crippen LogP contribution in [0.25, 0.3) is 0 Å². The van der Waals surface area contributed by atoms with Crippen LogP contribution in [0.4, 0.5) is 10.9 Å². The van der Waals surface area contributed by atoms with Crippen LogP contribution in [0.5, 0.6) is 0 Å². The van der Waals surface area contributed by atoms with Gasteiger partial charge in [-0.15, -0.1) is 0 Å². The number of nitrogen functional groups attached to an aromatic ring is 1. The van der Waals surface area contributed by atoms with Gasteiger partial charge in [0.1, 0.15) is 10.7 Å². The molecule has 0 atom stereocenters. The summed E-state index contributed by atoms with van der Waals surface area (Å²) in [6.07, 6.45) is 2.20. The highest BCUT2D eigenvalue weighted by molar-refractivity contribution is 7.89. The number of aromatic nitrogens is 1. The zero-order valence-corrected chi connectivity index (χ0v) is 13.6. The Bertz CT molecular complexity index is 622. The standard InChI is InChI=1S/C11H19N5O3S2/c1-16(2)21(18,19)6-5-13-10(17)8-9(12)15-11(20-8)14-7-3-4-7/h7H,3-6,12H2,1-2H3,(H,13,17)(H,14,15). The molecule has 0 aliphatic heterocycles. The number of hydrogen-bond donors (Lipinski definition) is 3. The summed E-state index contributed by atoms with van der Waals surface area (Å²) < 4.78 is 24.3. The summed E-state index contributed by atoms with van der Waals surface area (Å²) in [6, 6.07) is 0.427. The van der Waals surface area contributed by atoms with Crippen LogP contribution in [0.15, 0.2) is 0 Å². The van der Waals surface area contributed by atoms with E-state index in [0.717, 1.165) is 17.1 Å². The van der Waals surface area contributed by atoms with Crippen LogP contribution >= 0.6 is 11.3 Å². The van der Waals surface area contributed by atoms with Crippen molar-refractivity contribution < 1.29 is 13.2 Å². The van der Waals surface area contributed by atoms with Gasteiger partial charge in [0.05, 0.1) is 5.75 Å². The van der Waals surface area contributed by atoms with E-state index in [1.54, 1.807) is 0 Å². The molecule has 1 aromatic heterocycles. The zero-order valence-electron chi connectivity index (χ0n) is 11.9. The van der Waals surface area contributed by atoms with Crippen molar-refractivity contribution in [1.29, 1.82) is 0 Å². The molecule has 0 saturated heterocycles. The maximum Gasteiger partial charge on any atom is 0.265 e. The maximum atomic E-state index is 12.0. The molecule has 1 aliphatic rings. The third kappa shape index (κ3) is 4.29. The SMILES string of the molecule is CN(C)S(=O)(=O)CCNC(=O)c1sc(NC2CC2)nc1N. The number of anilines is 2. The summed E-state index contributed by atoms with van der Waals surface area (Å²) in [5.74, 6) is -0.392. The molecular formula is C11H19N5O3S2. The Kier molecular flexibility index (Phi) is 4.69. The van der Waals surface area contributed by atoms with E-state index >= 15 is 0 Å². The average Bonchev–Trinajstić information content (AvgIpc) is 3.11. The molecule has 0 radical (unpaired) electrons. The average molecular weight is 333 g/mol. The van der Waals surface area contributed by atoms with E-state index in [0.29, 0.717) is 16.1 Å². The van der Waals surface area contributed by atoms with Crippen molar-refractivity contribution in [2.75, 3.05) is 37.4 Å². The highest BCUT2D eigenvalue weighted by atomic mass is 32.2. The van der Waals surface area contributed by atoms with Crippen LogP contribution in [-0.2, 0) is 10.0 Å². The maximum absolute atomic E-state index is 12.0. The lowest BCUT2D eigenvalue weighted by atomic mass is 10.4. The van der Waals surface area contributed by atoms with E-state index in [2.05, 4.69) is 15.6 Å². The van der Waals surface area contributed by atoms with E-state index in [1.165, 1.54) is 25.4 Å². The minimum absolute atomic E-state index is 0.0298. The summed E-state index contributed by atoms with van der Waals surface area (Å²) >= 11 is 1.18. The number of hydrogen-bond acceptors (Lipinski definition) is 7. The van der Waals surface area contributed by atoms with Gasteiger partial charge in [-0.3, -0.25) is 4.79 Å². The van der Waals surface area contributed by atoms with Crippen LogP contribution in [-0.4, -0.2) is 56.0 Å². The molecule has 1 aliphatic carbocycles. The molecule has 1 amide bonds. The lowest BCUT2D eigenvalue weighted by Gasteiger charge is -2.11. The Balaban J connectivity index is 1.89. The number of sulfonamides is 1. The third-order valence-electron chi connectivity index (χ3n) is 2.97. The Morgan fingerprint density at radius 3 is 2.71 bits per heavy atom. The van der Waals surface area contributed by atoms with Crippen molar-refractivity contribution in [2.24, 2.45) is 0 Å². The minimum Gasteiger partial charge on any atom is -0.382 e. The van der Waals surface area contributed by atoms with Gasteiger partial charge in [-0.1, -0.05) is 11.3 Å². The van der Waals surface area contributed by atoms with Crippen LogP contribution in [0.1, 0.15) is 22.5 Å². The van der Waals surface area contributed by atoms with Crippen LogP contribution < -0.4 is 16.4 Å². The predicted octanol–water partition coefficient (Wildman–Crippen LogP) is -0.0792. The molecule has 1 heterocycles. The molecule has 0 spiro atoms.